The molecule has 2 aliphatic heterocycles. The molecule has 4 rings (SSSR count). The molecule has 2 aliphatic rings. The van der Waals surface area contributed by atoms with Crippen molar-refractivity contribution in [1.82, 2.24) is 0 Å². The molecule has 2 aromatic rings. The predicted octanol–water partition coefficient (Wildman–Crippen LogP) is 3.07. The van der Waals surface area contributed by atoms with Gasteiger partial charge in [0.2, 0.25) is 12.0 Å². The molecule has 5 nitrogen and oxygen atoms in total. The molecular weight excluding hydrogens is 344 g/mol. The summed E-state index contributed by atoms with van der Waals surface area (Å²) in [4.78, 5) is 33.3. The van der Waals surface area contributed by atoms with Crippen LogP contribution in [-0.2, 0) is 14.4 Å². The van der Waals surface area contributed by atoms with E-state index in [1.807, 2.05) is 25.3 Å². The van der Waals surface area contributed by atoms with Gasteiger partial charge in [0.25, 0.3) is 5.91 Å². The Bertz CT molecular complexity index is 860. The molecule has 24 heavy (non-hydrogen) atoms. The molecule has 0 aliphatic carbocycles. The molecule has 1 aromatic heterocycles. The summed E-state index contributed by atoms with van der Waals surface area (Å²) in [6, 6.07) is 10.9. The molecule has 1 saturated heterocycles. The van der Waals surface area contributed by atoms with E-state index in [9.17, 15) is 9.59 Å². The Morgan fingerprint density at radius 1 is 1.21 bits per heavy atom. The number of para-hydroxylation sites is 1. The van der Waals surface area contributed by atoms with Gasteiger partial charge in [0.15, 0.2) is 0 Å². The van der Waals surface area contributed by atoms with Gasteiger partial charge in [0.05, 0.1) is 9.90 Å². The third-order valence-electron chi connectivity index (χ3n) is 4.11. The highest BCUT2D eigenvalue weighted by Gasteiger charge is 2.56. The number of oxime groups is 1. The average molecular weight is 358 g/mol. The van der Waals surface area contributed by atoms with Gasteiger partial charge in [0, 0.05) is 10.4 Å². The molecule has 7 heteroatoms. The molecule has 2 amide bonds. The number of thioether (sulfide) groups is 1. The van der Waals surface area contributed by atoms with Gasteiger partial charge >= 0.3 is 0 Å². The number of aryl methyl sites for hydroxylation is 1. The van der Waals surface area contributed by atoms with Gasteiger partial charge in [-0.05, 0) is 31.4 Å². The molecule has 2 atom stereocenters. The maximum atomic E-state index is 12.9. The van der Waals surface area contributed by atoms with Gasteiger partial charge in [0.1, 0.15) is 11.6 Å². The lowest BCUT2D eigenvalue weighted by Crippen LogP contribution is -2.33. The van der Waals surface area contributed by atoms with Crippen molar-refractivity contribution < 1.29 is 14.4 Å². The first-order chi connectivity index (χ1) is 11.6. The fraction of sp³-hybridized carbons (Fsp3) is 0.235. The van der Waals surface area contributed by atoms with Crippen LogP contribution in [0.1, 0.15) is 10.4 Å². The van der Waals surface area contributed by atoms with Crippen molar-refractivity contribution in [3.63, 3.8) is 0 Å². The molecule has 1 fully saturated rings. The second-order valence-electron chi connectivity index (χ2n) is 5.59. The van der Waals surface area contributed by atoms with E-state index < -0.39 is 12.0 Å². The van der Waals surface area contributed by atoms with E-state index in [-0.39, 0.29) is 11.8 Å². The topological polar surface area (TPSA) is 59.0 Å². The van der Waals surface area contributed by atoms with Crippen LogP contribution >= 0.6 is 23.1 Å². The first kappa shape index (κ1) is 15.4. The Morgan fingerprint density at radius 2 is 1.96 bits per heavy atom. The highest BCUT2D eigenvalue weighted by Crippen LogP contribution is 2.39. The van der Waals surface area contributed by atoms with Crippen LogP contribution in [0.4, 0.5) is 5.69 Å². The van der Waals surface area contributed by atoms with E-state index in [2.05, 4.69) is 5.16 Å². The van der Waals surface area contributed by atoms with Gasteiger partial charge in [-0.15, -0.1) is 23.1 Å². The minimum Gasteiger partial charge on any atom is -0.381 e. The molecule has 0 saturated carbocycles. The van der Waals surface area contributed by atoms with Gasteiger partial charge in [-0.2, -0.15) is 0 Å². The maximum Gasteiger partial charge on any atom is 0.278 e. The third-order valence-corrected chi connectivity index (χ3v) is 6.29. The lowest BCUT2D eigenvalue weighted by atomic mass is 9.95. The molecule has 122 valence electrons. The van der Waals surface area contributed by atoms with Crippen LogP contribution in [-0.4, -0.2) is 29.9 Å². The number of hydrogen-bond acceptors (Lipinski definition) is 6. The number of amides is 2. The van der Waals surface area contributed by atoms with Crippen molar-refractivity contribution in [2.24, 2.45) is 11.1 Å². The summed E-state index contributed by atoms with van der Waals surface area (Å²) >= 11 is 3.26. The van der Waals surface area contributed by atoms with E-state index in [0.29, 0.717) is 11.4 Å². The summed E-state index contributed by atoms with van der Waals surface area (Å²) in [6.07, 6.45) is 1.13. The molecule has 0 spiro atoms. The van der Waals surface area contributed by atoms with Crippen LogP contribution in [0.3, 0.4) is 0 Å². The Kier molecular flexibility index (Phi) is 3.69. The number of anilines is 1. The number of imide groups is 1. The van der Waals surface area contributed by atoms with Crippen molar-refractivity contribution >= 4 is 46.3 Å². The summed E-state index contributed by atoms with van der Waals surface area (Å²) in [5.74, 6) is -1.30. The lowest BCUT2D eigenvalue weighted by molar-refractivity contribution is -0.126. The van der Waals surface area contributed by atoms with Crippen LogP contribution in [0.5, 0.6) is 0 Å². The third kappa shape index (κ3) is 2.19. The number of carbonyl (C=O) groups is 2. The normalized spacial score (nSPS) is 22.6. The Labute approximate surface area is 147 Å². The Balaban J connectivity index is 1.73. The van der Waals surface area contributed by atoms with Crippen molar-refractivity contribution in [2.45, 2.75) is 17.2 Å². The zero-order valence-corrected chi connectivity index (χ0v) is 14.7. The van der Waals surface area contributed by atoms with Crippen molar-refractivity contribution in [3.05, 3.63) is 46.8 Å². The second-order valence-corrected chi connectivity index (χ2v) is 7.92. The van der Waals surface area contributed by atoms with Crippen molar-refractivity contribution in [1.29, 1.82) is 0 Å². The first-order valence-corrected chi connectivity index (χ1v) is 9.47. The summed E-state index contributed by atoms with van der Waals surface area (Å²) in [7, 11) is 0. The molecule has 0 bridgehead atoms. The smallest absolute Gasteiger partial charge is 0.278 e. The molecule has 0 unspecified atom stereocenters. The van der Waals surface area contributed by atoms with Gasteiger partial charge in [-0.1, -0.05) is 23.4 Å². The first-order valence-electron chi connectivity index (χ1n) is 7.43. The SMILES string of the molecule is CSc1sc(C)cc1C1=NO[C@H]2C(=O)N(c3ccccc3)C(=O)[C@H]12. The molecule has 0 radical (unpaired) electrons. The van der Waals surface area contributed by atoms with Crippen molar-refractivity contribution in [3.8, 4) is 0 Å². The fourth-order valence-corrected chi connectivity index (χ4v) is 4.91. The van der Waals surface area contributed by atoms with Crippen LogP contribution in [0.25, 0.3) is 0 Å². The van der Waals surface area contributed by atoms with Gasteiger partial charge in [-0.25, -0.2) is 4.90 Å². The number of benzene rings is 1. The van der Waals surface area contributed by atoms with E-state index in [4.69, 9.17) is 4.84 Å². The predicted molar refractivity (Wildman–Crippen MR) is 94.7 cm³/mol. The van der Waals surface area contributed by atoms with Crippen LogP contribution < -0.4 is 4.90 Å². The zero-order valence-electron chi connectivity index (χ0n) is 13.1. The lowest BCUT2D eigenvalue weighted by Gasteiger charge is -2.15. The summed E-state index contributed by atoms with van der Waals surface area (Å²) < 4.78 is 1.08. The van der Waals surface area contributed by atoms with Crippen LogP contribution in [0.2, 0.25) is 0 Å². The quantitative estimate of drug-likeness (QED) is 0.625. The Hall–Kier alpha value is -2.12. The van der Waals surface area contributed by atoms with Crippen LogP contribution in [0.15, 0.2) is 45.8 Å². The summed E-state index contributed by atoms with van der Waals surface area (Å²) in [5, 5.41) is 4.08. The number of carbonyl (C=O) groups excluding carboxylic acids is 2. The molecule has 0 N–H and O–H groups in total. The average Bonchev–Trinajstić information content (AvgIpc) is 3.24. The van der Waals surface area contributed by atoms with E-state index in [1.54, 1.807) is 47.4 Å². The van der Waals surface area contributed by atoms with Crippen LogP contribution in [0, 0.1) is 12.8 Å². The maximum absolute atomic E-state index is 12.9. The van der Waals surface area contributed by atoms with E-state index in [0.717, 1.165) is 14.6 Å². The fourth-order valence-electron chi connectivity index (χ4n) is 3.05. The summed E-state index contributed by atoms with van der Waals surface area (Å²) in [6.45, 7) is 2.01. The summed E-state index contributed by atoms with van der Waals surface area (Å²) in [5.41, 5.74) is 2.02. The number of rotatable bonds is 3. The number of nitrogens with zero attached hydrogens (tertiary/aromatic N) is 2. The monoisotopic (exact) mass is 358 g/mol. The highest BCUT2D eigenvalue weighted by molar-refractivity contribution is 8.00. The number of fused-ring (bicyclic) bond motifs is 1. The molecule has 1 aromatic carbocycles. The van der Waals surface area contributed by atoms with E-state index >= 15 is 0 Å². The highest BCUT2D eigenvalue weighted by atomic mass is 32.2. The minimum absolute atomic E-state index is 0.275. The van der Waals surface area contributed by atoms with Gasteiger partial charge in [-0.3, -0.25) is 9.59 Å². The standard InChI is InChI=1S/C17H14N2O3S2/c1-9-8-11(17(23-2)24-9)13-12-14(22-18-13)16(21)19(15(12)20)10-6-4-3-5-7-10/h3-8,12,14H,1-2H3/t12-,14-/m1/s1. The largest absolute Gasteiger partial charge is 0.381 e. The number of hydrogen-bond donors (Lipinski definition) is 0. The minimum atomic E-state index is -0.859. The second kappa shape index (κ2) is 5.75. The zero-order chi connectivity index (χ0) is 16.8. The van der Waals surface area contributed by atoms with Crippen molar-refractivity contribution in [2.75, 3.05) is 11.2 Å². The number of thiophene rings is 1. The Morgan fingerprint density at radius 3 is 2.67 bits per heavy atom. The molecule has 3 heterocycles. The molecular formula is C17H14N2O3S2. The van der Waals surface area contributed by atoms with E-state index in [1.165, 1.54) is 4.90 Å². The van der Waals surface area contributed by atoms with Gasteiger partial charge < -0.3 is 4.84 Å².